The van der Waals surface area contributed by atoms with Crippen LogP contribution in [0, 0.1) is 11.3 Å². The summed E-state index contributed by atoms with van der Waals surface area (Å²) in [6.07, 6.45) is 6.19. The number of hydrogen-bond acceptors (Lipinski definition) is 3. The molecule has 0 radical (unpaired) electrons. The molecule has 0 aromatic carbocycles. The maximum Gasteiger partial charge on any atom is 0.306 e. The van der Waals surface area contributed by atoms with Crippen molar-refractivity contribution < 1.29 is 14.7 Å². The minimum absolute atomic E-state index is 0.112. The number of carbonyl (C=O) groups is 2. The summed E-state index contributed by atoms with van der Waals surface area (Å²) in [4.78, 5) is 24.7. The van der Waals surface area contributed by atoms with Gasteiger partial charge in [0.1, 0.15) is 0 Å². The summed E-state index contributed by atoms with van der Waals surface area (Å²) < 4.78 is 0. The number of aliphatic carboxylic acids is 1. The van der Waals surface area contributed by atoms with Gasteiger partial charge in [-0.2, -0.15) is 0 Å². The number of carboxylic acids is 1. The number of carboxylic acid groups (broad SMARTS) is 1. The molecule has 1 aliphatic carbocycles. The number of rotatable bonds is 7. The van der Waals surface area contributed by atoms with Gasteiger partial charge in [0, 0.05) is 19.6 Å². The van der Waals surface area contributed by atoms with Crippen molar-refractivity contribution in [2.24, 2.45) is 11.3 Å². The second-order valence-corrected chi connectivity index (χ2v) is 6.35. The molecule has 2 aliphatic rings. The third-order valence-electron chi connectivity index (χ3n) is 4.71. The summed E-state index contributed by atoms with van der Waals surface area (Å²) >= 11 is 0. The predicted octanol–water partition coefficient (Wildman–Crippen LogP) is 1.48. The molecular weight excluding hydrogens is 256 g/mol. The van der Waals surface area contributed by atoms with Gasteiger partial charge in [-0.15, -0.1) is 0 Å². The van der Waals surface area contributed by atoms with E-state index in [1.165, 1.54) is 25.7 Å². The number of carbonyl (C=O) groups excluding carboxylic acids is 1. The molecule has 0 unspecified atom stereocenters. The van der Waals surface area contributed by atoms with Gasteiger partial charge < -0.3 is 15.3 Å². The van der Waals surface area contributed by atoms with Gasteiger partial charge in [0.25, 0.3) is 0 Å². The topological polar surface area (TPSA) is 69.6 Å². The quantitative estimate of drug-likeness (QED) is 0.742. The Labute approximate surface area is 120 Å². The molecule has 1 saturated heterocycles. The minimum atomic E-state index is -0.731. The molecule has 0 aromatic rings. The zero-order valence-electron chi connectivity index (χ0n) is 12.4. The van der Waals surface area contributed by atoms with Gasteiger partial charge in [0.15, 0.2) is 0 Å². The Morgan fingerprint density at radius 3 is 2.45 bits per heavy atom. The summed E-state index contributed by atoms with van der Waals surface area (Å²) in [6.45, 7) is 4.70. The van der Waals surface area contributed by atoms with Crippen molar-refractivity contribution >= 4 is 11.9 Å². The second kappa shape index (κ2) is 6.57. The summed E-state index contributed by atoms with van der Waals surface area (Å²) in [5.41, 5.74) is 0.464. The first kappa shape index (κ1) is 15.3. The molecule has 1 saturated carbocycles. The van der Waals surface area contributed by atoms with Crippen LogP contribution < -0.4 is 5.32 Å². The van der Waals surface area contributed by atoms with Gasteiger partial charge in [0.05, 0.1) is 12.5 Å². The van der Waals surface area contributed by atoms with Crippen LogP contribution in [0.5, 0.6) is 0 Å². The van der Waals surface area contributed by atoms with Gasteiger partial charge in [0.2, 0.25) is 5.91 Å². The first-order chi connectivity index (χ1) is 9.56. The van der Waals surface area contributed by atoms with E-state index in [9.17, 15) is 9.59 Å². The van der Waals surface area contributed by atoms with Crippen LogP contribution >= 0.6 is 0 Å². The number of piperidine rings is 1. The van der Waals surface area contributed by atoms with Crippen LogP contribution in [-0.2, 0) is 9.59 Å². The van der Waals surface area contributed by atoms with Crippen LogP contribution in [0.15, 0.2) is 0 Å². The fourth-order valence-electron chi connectivity index (χ4n) is 3.14. The molecule has 2 fully saturated rings. The van der Waals surface area contributed by atoms with Crippen molar-refractivity contribution in [2.75, 3.05) is 26.2 Å². The van der Waals surface area contributed by atoms with Crippen molar-refractivity contribution in [1.82, 2.24) is 10.2 Å². The highest BCUT2D eigenvalue weighted by Gasteiger charge is 2.40. The molecule has 0 spiro atoms. The Bertz CT molecular complexity index is 358. The highest BCUT2D eigenvalue weighted by molar-refractivity contribution is 5.78. The maximum absolute atomic E-state index is 12.1. The predicted molar refractivity (Wildman–Crippen MR) is 76.4 cm³/mol. The molecule has 2 N–H and O–H groups in total. The number of amides is 1. The molecule has 1 aliphatic heterocycles. The third kappa shape index (κ3) is 3.95. The van der Waals surface area contributed by atoms with E-state index in [-0.39, 0.29) is 11.8 Å². The van der Waals surface area contributed by atoms with Gasteiger partial charge in [-0.3, -0.25) is 9.59 Å². The lowest BCUT2D eigenvalue weighted by Crippen LogP contribution is -2.44. The van der Waals surface area contributed by atoms with E-state index in [0.29, 0.717) is 37.9 Å². The van der Waals surface area contributed by atoms with Crippen LogP contribution in [0.1, 0.15) is 45.4 Å². The summed E-state index contributed by atoms with van der Waals surface area (Å²) in [6, 6.07) is 0. The standard InChI is InChI=1S/C15H26N2O3/c1-2-5-15(6-7-15)11-16-10-13(18)17-8-3-12(4-9-17)14(19)20/h12,16H,2-11H2,1H3,(H,19,20). The van der Waals surface area contributed by atoms with Crippen molar-refractivity contribution in [3.8, 4) is 0 Å². The Balaban J connectivity index is 1.65. The molecule has 0 bridgehead atoms. The van der Waals surface area contributed by atoms with E-state index < -0.39 is 5.97 Å². The van der Waals surface area contributed by atoms with Crippen LogP contribution in [0.2, 0.25) is 0 Å². The summed E-state index contributed by atoms with van der Waals surface area (Å²) in [7, 11) is 0. The molecule has 2 rings (SSSR count). The number of nitrogens with one attached hydrogen (secondary N) is 1. The number of nitrogens with zero attached hydrogens (tertiary/aromatic N) is 1. The largest absolute Gasteiger partial charge is 0.481 e. The Hall–Kier alpha value is -1.10. The Morgan fingerprint density at radius 1 is 1.30 bits per heavy atom. The number of likely N-dealkylation sites (tertiary alicyclic amines) is 1. The molecule has 114 valence electrons. The van der Waals surface area contributed by atoms with Crippen LogP contribution in [0.4, 0.5) is 0 Å². The van der Waals surface area contributed by atoms with Gasteiger partial charge in [-0.25, -0.2) is 0 Å². The Morgan fingerprint density at radius 2 is 1.95 bits per heavy atom. The smallest absolute Gasteiger partial charge is 0.306 e. The molecule has 1 heterocycles. The summed E-state index contributed by atoms with van der Waals surface area (Å²) in [5.74, 6) is -0.891. The minimum Gasteiger partial charge on any atom is -0.481 e. The molecule has 5 heteroatoms. The maximum atomic E-state index is 12.1. The van der Waals surface area contributed by atoms with Crippen molar-refractivity contribution in [2.45, 2.75) is 45.4 Å². The summed E-state index contributed by atoms with van der Waals surface area (Å²) in [5, 5.41) is 12.2. The first-order valence-electron chi connectivity index (χ1n) is 7.78. The van der Waals surface area contributed by atoms with Crippen LogP contribution in [-0.4, -0.2) is 48.1 Å². The zero-order valence-corrected chi connectivity index (χ0v) is 12.4. The van der Waals surface area contributed by atoms with E-state index in [1.807, 2.05) is 0 Å². The van der Waals surface area contributed by atoms with Crippen molar-refractivity contribution in [1.29, 1.82) is 0 Å². The molecule has 0 atom stereocenters. The molecule has 5 nitrogen and oxygen atoms in total. The highest BCUT2D eigenvalue weighted by Crippen LogP contribution is 2.48. The van der Waals surface area contributed by atoms with Crippen LogP contribution in [0.25, 0.3) is 0 Å². The van der Waals surface area contributed by atoms with E-state index in [4.69, 9.17) is 5.11 Å². The SMILES string of the molecule is CCCC1(CNCC(=O)N2CCC(C(=O)O)CC2)CC1. The van der Waals surface area contributed by atoms with Gasteiger partial charge in [-0.05, 0) is 37.5 Å². The van der Waals surface area contributed by atoms with E-state index >= 15 is 0 Å². The second-order valence-electron chi connectivity index (χ2n) is 6.35. The van der Waals surface area contributed by atoms with Crippen LogP contribution in [0.3, 0.4) is 0 Å². The average molecular weight is 282 g/mol. The molecule has 20 heavy (non-hydrogen) atoms. The fourth-order valence-corrected chi connectivity index (χ4v) is 3.14. The van der Waals surface area contributed by atoms with E-state index in [2.05, 4.69) is 12.2 Å². The fraction of sp³-hybridized carbons (Fsp3) is 0.867. The lowest BCUT2D eigenvalue weighted by molar-refractivity contribution is -0.145. The third-order valence-corrected chi connectivity index (χ3v) is 4.71. The molecular formula is C15H26N2O3. The molecule has 0 aromatic heterocycles. The number of hydrogen-bond donors (Lipinski definition) is 2. The molecule has 1 amide bonds. The normalized spacial score (nSPS) is 21.8. The lowest BCUT2D eigenvalue weighted by Gasteiger charge is -2.30. The zero-order chi connectivity index (χ0) is 14.6. The van der Waals surface area contributed by atoms with Gasteiger partial charge in [-0.1, -0.05) is 13.3 Å². The monoisotopic (exact) mass is 282 g/mol. The van der Waals surface area contributed by atoms with Crippen molar-refractivity contribution in [3.05, 3.63) is 0 Å². The van der Waals surface area contributed by atoms with E-state index in [0.717, 1.165) is 6.54 Å². The van der Waals surface area contributed by atoms with Crippen molar-refractivity contribution in [3.63, 3.8) is 0 Å². The van der Waals surface area contributed by atoms with Gasteiger partial charge >= 0.3 is 5.97 Å². The first-order valence-corrected chi connectivity index (χ1v) is 7.78. The average Bonchev–Trinajstić information content (AvgIpc) is 3.19. The lowest BCUT2D eigenvalue weighted by atomic mass is 9.97. The highest BCUT2D eigenvalue weighted by atomic mass is 16.4. The van der Waals surface area contributed by atoms with E-state index in [1.54, 1.807) is 4.90 Å². The Kier molecular flexibility index (Phi) is 5.02.